The molecule has 0 aliphatic heterocycles. The summed E-state index contributed by atoms with van der Waals surface area (Å²) in [6.45, 7) is 2.08. The van der Waals surface area contributed by atoms with Crippen molar-refractivity contribution in [1.29, 1.82) is 0 Å². The number of benzene rings is 2. The van der Waals surface area contributed by atoms with Crippen LogP contribution >= 0.6 is 0 Å². The topological polar surface area (TPSA) is 38.0 Å². The van der Waals surface area contributed by atoms with E-state index in [9.17, 15) is 0 Å². The van der Waals surface area contributed by atoms with Crippen molar-refractivity contribution in [2.45, 2.75) is 6.92 Å². The number of rotatable bonds is 1. The summed E-state index contributed by atoms with van der Waals surface area (Å²) in [5.41, 5.74) is 6.98. The Balaban J connectivity index is 0.000000265. The molecule has 0 atom stereocenters. The standard InChI is InChI=1S/C7H9N.C7H8.CH5N/c1-8-7-5-3-2-4-6-7;1-7-5-3-2-4-6-7;1-2/h2-6,8H,1H3;2-6H,1H3;2H2,1H3. The minimum absolute atomic E-state index is 1.16. The van der Waals surface area contributed by atoms with Gasteiger partial charge in [-0.1, -0.05) is 54.1 Å². The van der Waals surface area contributed by atoms with E-state index in [1.807, 2.05) is 55.6 Å². The molecule has 0 radical (unpaired) electrons. The van der Waals surface area contributed by atoms with Crippen LogP contribution in [0.2, 0.25) is 0 Å². The Morgan fingerprint density at radius 3 is 1.41 bits per heavy atom. The fourth-order valence-corrected chi connectivity index (χ4v) is 1.14. The molecule has 0 saturated carbocycles. The number of hydrogen-bond acceptors (Lipinski definition) is 2. The monoisotopic (exact) mass is 230 g/mol. The van der Waals surface area contributed by atoms with Gasteiger partial charge >= 0.3 is 0 Å². The highest BCUT2D eigenvalue weighted by Crippen LogP contribution is 2.01. The lowest BCUT2D eigenvalue weighted by Gasteiger charge is -1.94. The van der Waals surface area contributed by atoms with E-state index in [0.717, 1.165) is 5.69 Å². The van der Waals surface area contributed by atoms with Crippen LogP contribution in [0.25, 0.3) is 0 Å². The summed E-state index contributed by atoms with van der Waals surface area (Å²) in [5, 5.41) is 3.03. The molecule has 17 heavy (non-hydrogen) atoms. The van der Waals surface area contributed by atoms with Crippen LogP contribution in [0.5, 0.6) is 0 Å². The van der Waals surface area contributed by atoms with E-state index in [1.54, 1.807) is 0 Å². The Labute approximate surface area is 104 Å². The van der Waals surface area contributed by atoms with Gasteiger partial charge in [0, 0.05) is 12.7 Å². The summed E-state index contributed by atoms with van der Waals surface area (Å²) < 4.78 is 0. The molecule has 2 rings (SSSR count). The van der Waals surface area contributed by atoms with Crippen molar-refractivity contribution in [1.82, 2.24) is 0 Å². The molecule has 0 unspecified atom stereocenters. The Morgan fingerprint density at radius 2 is 1.18 bits per heavy atom. The third-order valence-electron chi connectivity index (χ3n) is 2.00. The number of anilines is 1. The average molecular weight is 230 g/mol. The highest BCUT2D eigenvalue weighted by molar-refractivity contribution is 5.41. The highest BCUT2D eigenvalue weighted by atomic mass is 14.8. The van der Waals surface area contributed by atoms with Gasteiger partial charge in [-0.05, 0) is 26.1 Å². The Kier molecular flexibility index (Phi) is 9.58. The first-order valence-electron chi connectivity index (χ1n) is 5.65. The fourth-order valence-electron chi connectivity index (χ4n) is 1.14. The summed E-state index contributed by atoms with van der Waals surface area (Å²) >= 11 is 0. The zero-order valence-electron chi connectivity index (χ0n) is 10.9. The van der Waals surface area contributed by atoms with Crippen molar-refractivity contribution < 1.29 is 0 Å². The third-order valence-corrected chi connectivity index (χ3v) is 2.00. The van der Waals surface area contributed by atoms with Gasteiger partial charge in [0.05, 0.1) is 0 Å². The molecule has 0 aromatic heterocycles. The van der Waals surface area contributed by atoms with Gasteiger partial charge in [-0.25, -0.2) is 0 Å². The summed E-state index contributed by atoms with van der Waals surface area (Å²) in [6.07, 6.45) is 0. The fraction of sp³-hybridized carbons (Fsp3) is 0.200. The second-order valence-electron chi connectivity index (χ2n) is 3.27. The van der Waals surface area contributed by atoms with Gasteiger partial charge in [0.25, 0.3) is 0 Å². The largest absolute Gasteiger partial charge is 0.388 e. The predicted molar refractivity (Wildman–Crippen MR) is 77.3 cm³/mol. The molecule has 0 bridgehead atoms. The van der Waals surface area contributed by atoms with E-state index < -0.39 is 0 Å². The second-order valence-corrected chi connectivity index (χ2v) is 3.27. The summed E-state index contributed by atoms with van der Waals surface area (Å²) in [6, 6.07) is 20.3. The van der Waals surface area contributed by atoms with Gasteiger partial charge in [-0.3, -0.25) is 0 Å². The van der Waals surface area contributed by atoms with Crippen molar-refractivity contribution in [3.63, 3.8) is 0 Å². The minimum Gasteiger partial charge on any atom is -0.388 e. The van der Waals surface area contributed by atoms with E-state index in [4.69, 9.17) is 0 Å². The number of nitrogens with one attached hydrogen (secondary N) is 1. The lowest BCUT2D eigenvalue weighted by Crippen LogP contribution is -1.84. The van der Waals surface area contributed by atoms with Crippen LogP contribution in [-0.2, 0) is 0 Å². The zero-order chi connectivity index (χ0) is 12.9. The van der Waals surface area contributed by atoms with Crippen molar-refractivity contribution in [3.05, 3.63) is 66.2 Å². The first kappa shape index (κ1) is 15.2. The quantitative estimate of drug-likeness (QED) is 0.789. The lowest BCUT2D eigenvalue weighted by molar-refractivity contribution is 1.48. The number of nitrogens with two attached hydrogens (primary N) is 1. The van der Waals surface area contributed by atoms with Crippen LogP contribution < -0.4 is 11.1 Å². The molecule has 2 aromatic rings. The minimum atomic E-state index is 1.16. The van der Waals surface area contributed by atoms with E-state index in [2.05, 4.69) is 30.1 Å². The van der Waals surface area contributed by atoms with Gasteiger partial charge in [-0.15, -0.1) is 0 Å². The zero-order valence-corrected chi connectivity index (χ0v) is 10.9. The van der Waals surface area contributed by atoms with E-state index in [-0.39, 0.29) is 0 Å². The predicted octanol–water partition coefficient (Wildman–Crippen LogP) is 3.30. The van der Waals surface area contributed by atoms with Crippen LogP contribution in [0.3, 0.4) is 0 Å². The Hall–Kier alpha value is -1.80. The second kappa shape index (κ2) is 10.7. The van der Waals surface area contributed by atoms with Crippen molar-refractivity contribution in [3.8, 4) is 0 Å². The lowest BCUT2D eigenvalue weighted by atomic mass is 10.2. The van der Waals surface area contributed by atoms with Crippen LogP contribution in [0, 0.1) is 6.92 Å². The maximum atomic E-state index is 4.50. The van der Waals surface area contributed by atoms with Gasteiger partial charge in [0.1, 0.15) is 0 Å². The van der Waals surface area contributed by atoms with Crippen molar-refractivity contribution >= 4 is 5.69 Å². The smallest absolute Gasteiger partial charge is 0.0337 e. The van der Waals surface area contributed by atoms with Crippen LogP contribution in [0.4, 0.5) is 5.69 Å². The van der Waals surface area contributed by atoms with E-state index in [1.165, 1.54) is 12.6 Å². The first-order chi connectivity index (χ1) is 8.33. The third kappa shape index (κ3) is 8.05. The SMILES string of the molecule is CN.CNc1ccccc1.Cc1ccccc1. The molecule has 0 fully saturated rings. The first-order valence-corrected chi connectivity index (χ1v) is 5.65. The molecule has 0 spiro atoms. The van der Waals surface area contributed by atoms with Gasteiger partial charge < -0.3 is 11.1 Å². The van der Waals surface area contributed by atoms with Gasteiger partial charge in [-0.2, -0.15) is 0 Å². The molecule has 2 nitrogen and oxygen atoms in total. The molecule has 92 valence electrons. The normalized spacial score (nSPS) is 8.00. The molecule has 0 aliphatic carbocycles. The summed E-state index contributed by atoms with van der Waals surface area (Å²) in [5.74, 6) is 0. The highest BCUT2D eigenvalue weighted by Gasteiger charge is 1.77. The maximum Gasteiger partial charge on any atom is 0.0337 e. The molecule has 0 saturated heterocycles. The summed E-state index contributed by atoms with van der Waals surface area (Å²) in [4.78, 5) is 0. The van der Waals surface area contributed by atoms with Gasteiger partial charge in [0.15, 0.2) is 0 Å². The van der Waals surface area contributed by atoms with Crippen molar-refractivity contribution in [2.24, 2.45) is 5.73 Å². The van der Waals surface area contributed by atoms with Crippen LogP contribution in [-0.4, -0.2) is 14.1 Å². The summed E-state index contributed by atoms with van der Waals surface area (Å²) in [7, 11) is 3.41. The molecule has 3 N–H and O–H groups in total. The molecule has 2 aromatic carbocycles. The van der Waals surface area contributed by atoms with E-state index in [0.29, 0.717) is 0 Å². The van der Waals surface area contributed by atoms with E-state index >= 15 is 0 Å². The van der Waals surface area contributed by atoms with Gasteiger partial charge in [0.2, 0.25) is 0 Å². The molecule has 0 aliphatic rings. The van der Waals surface area contributed by atoms with Crippen LogP contribution in [0.1, 0.15) is 5.56 Å². The van der Waals surface area contributed by atoms with Crippen molar-refractivity contribution in [2.75, 3.05) is 19.4 Å². The number of aryl methyl sites for hydroxylation is 1. The van der Waals surface area contributed by atoms with Crippen LogP contribution in [0.15, 0.2) is 60.7 Å². The Morgan fingerprint density at radius 1 is 0.765 bits per heavy atom. The number of hydrogen-bond donors (Lipinski definition) is 2. The molecular weight excluding hydrogens is 208 g/mol. The average Bonchev–Trinajstić information content (AvgIpc) is 2.43. The molecular formula is C15H22N2. The molecule has 0 heterocycles. The molecule has 0 amide bonds. The number of para-hydroxylation sites is 1. The Bertz CT molecular complexity index is 357. The maximum absolute atomic E-state index is 4.50. The molecule has 2 heteroatoms.